The van der Waals surface area contributed by atoms with Crippen LogP contribution in [0.2, 0.25) is 0 Å². The van der Waals surface area contributed by atoms with E-state index in [1.807, 2.05) is 25.1 Å². The second-order valence-electron chi connectivity index (χ2n) is 7.59. The van der Waals surface area contributed by atoms with Crippen LogP contribution in [0.5, 0.6) is 0 Å². The second-order valence-corrected chi connectivity index (χ2v) is 10.6. The Hall–Kier alpha value is -2.95. The van der Waals surface area contributed by atoms with Crippen LogP contribution in [0.15, 0.2) is 75.7 Å². The summed E-state index contributed by atoms with van der Waals surface area (Å²) in [5.74, 6) is 0. The Morgan fingerprint density at radius 1 is 1.00 bits per heavy atom. The molecule has 33 heavy (non-hydrogen) atoms. The first-order chi connectivity index (χ1) is 15.5. The number of nitrogens with one attached hydrogen (secondary N) is 1. The first kappa shape index (κ1) is 23.2. The minimum atomic E-state index is -4.68. The van der Waals surface area contributed by atoms with Gasteiger partial charge in [-0.3, -0.25) is 4.79 Å². The van der Waals surface area contributed by atoms with E-state index in [-0.39, 0.29) is 18.7 Å². The number of fused-ring (bicyclic) bond motifs is 1. The Balaban J connectivity index is 1.78. The van der Waals surface area contributed by atoms with Crippen molar-refractivity contribution in [2.75, 3.05) is 0 Å². The Kier molecular flexibility index (Phi) is 6.17. The maximum absolute atomic E-state index is 13.4. The maximum atomic E-state index is 13.4. The highest BCUT2D eigenvalue weighted by Crippen LogP contribution is 2.32. The highest BCUT2D eigenvalue weighted by molar-refractivity contribution is 7.89. The van der Waals surface area contributed by atoms with Gasteiger partial charge in [-0.1, -0.05) is 24.3 Å². The van der Waals surface area contributed by atoms with Crippen LogP contribution in [0.3, 0.4) is 0 Å². The van der Waals surface area contributed by atoms with Crippen LogP contribution in [-0.4, -0.2) is 17.7 Å². The molecule has 0 aliphatic heterocycles. The average Bonchev–Trinajstić information content (AvgIpc) is 3.26. The van der Waals surface area contributed by atoms with Crippen LogP contribution in [0.4, 0.5) is 13.2 Å². The van der Waals surface area contributed by atoms with E-state index >= 15 is 0 Å². The van der Waals surface area contributed by atoms with Crippen molar-refractivity contribution >= 4 is 32.3 Å². The van der Waals surface area contributed by atoms with Gasteiger partial charge in [0, 0.05) is 29.0 Å². The second kappa shape index (κ2) is 8.77. The number of halogens is 3. The standard InChI is InChI=1S/C23H19F3N2O3S2/c1-15-7-8-16-11-17(22(29)27-21(16)10-15)13-28(14-19-5-3-9-32-19)33(30,31)20-6-2-4-18(12-20)23(24,25)26/h2-12H,13-14H2,1H3,(H,27,29). The topological polar surface area (TPSA) is 70.2 Å². The molecule has 0 amide bonds. The quantitative estimate of drug-likeness (QED) is 0.397. The molecule has 172 valence electrons. The molecule has 0 unspecified atom stereocenters. The van der Waals surface area contributed by atoms with E-state index in [0.717, 1.165) is 33.5 Å². The normalized spacial score (nSPS) is 12.5. The molecule has 0 aliphatic carbocycles. The number of aromatic amines is 1. The molecule has 2 aromatic carbocycles. The molecule has 0 fully saturated rings. The lowest BCUT2D eigenvalue weighted by molar-refractivity contribution is -0.137. The van der Waals surface area contributed by atoms with Gasteiger partial charge in [0.05, 0.1) is 10.5 Å². The molecule has 5 nitrogen and oxygen atoms in total. The number of H-pyrrole nitrogens is 1. The number of alkyl halides is 3. The number of benzene rings is 2. The van der Waals surface area contributed by atoms with Gasteiger partial charge in [-0.15, -0.1) is 11.3 Å². The highest BCUT2D eigenvalue weighted by Gasteiger charge is 2.33. The number of aryl methyl sites for hydroxylation is 1. The van der Waals surface area contributed by atoms with Crippen molar-refractivity contribution < 1.29 is 21.6 Å². The Morgan fingerprint density at radius 2 is 1.79 bits per heavy atom. The molecule has 0 saturated heterocycles. The Labute approximate surface area is 192 Å². The fourth-order valence-electron chi connectivity index (χ4n) is 3.45. The van der Waals surface area contributed by atoms with Gasteiger partial charge in [0.1, 0.15) is 0 Å². The van der Waals surface area contributed by atoms with Gasteiger partial charge in [0.25, 0.3) is 5.56 Å². The zero-order valence-electron chi connectivity index (χ0n) is 17.4. The third-order valence-corrected chi connectivity index (χ3v) is 7.79. The molecule has 0 saturated carbocycles. The zero-order valence-corrected chi connectivity index (χ0v) is 19.0. The van der Waals surface area contributed by atoms with Gasteiger partial charge in [0.2, 0.25) is 10.0 Å². The molecular weight excluding hydrogens is 473 g/mol. The SMILES string of the molecule is Cc1ccc2cc(CN(Cc3cccs3)S(=O)(=O)c3cccc(C(F)(F)F)c3)c(=O)[nH]c2c1. The van der Waals surface area contributed by atoms with Gasteiger partial charge < -0.3 is 4.98 Å². The molecule has 4 rings (SSSR count). The smallest absolute Gasteiger partial charge is 0.322 e. The van der Waals surface area contributed by atoms with E-state index < -0.39 is 32.2 Å². The third-order valence-electron chi connectivity index (χ3n) is 5.14. The van der Waals surface area contributed by atoms with Gasteiger partial charge in [-0.2, -0.15) is 17.5 Å². The molecule has 1 N–H and O–H groups in total. The summed E-state index contributed by atoms with van der Waals surface area (Å²) >= 11 is 1.32. The zero-order chi connectivity index (χ0) is 23.8. The number of sulfonamides is 1. The van der Waals surface area contributed by atoms with Crippen molar-refractivity contribution in [3.05, 3.63) is 98.0 Å². The van der Waals surface area contributed by atoms with Crippen molar-refractivity contribution in [1.29, 1.82) is 0 Å². The molecule has 0 aliphatic rings. The van der Waals surface area contributed by atoms with Gasteiger partial charge in [-0.25, -0.2) is 8.42 Å². The van der Waals surface area contributed by atoms with Crippen molar-refractivity contribution in [2.24, 2.45) is 0 Å². The molecule has 2 heterocycles. The van der Waals surface area contributed by atoms with E-state index in [1.165, 1.54) is 11.3 Å². The first-order valence-electron chi connectivity index (χ1n) is 9.86. The van der Waals surface area contributed by atoms with Crippen LogP contribution >= 0.6 is 11.3 Å². The number of nitrogens with zero attached hydrogens (tertiary/aromatic N) is 1. The van der Waals surface area contributed by atoms with E-state index in [4.69, 9.17) is 0 Å². The predicted molar refractivity (Wildman–Crippen MR) is 122 cm³/mol. The van der Waals surface area contributed by atoms with E-state index in [2.05, 4.69) is 4.98 Å². The number of aromatic nitrogens is 1. The lowest BCUT2D eigenvalue weighted by Crippen LogP contribution is -2.32. The molecule has 0 spiro atoms. The number of rotatable bonds is 6. The van der Waals surface area contributed by atoms with Crippen LogP contribution < -0.4 is 5.56 Å². The number of hydrogen-bond acceptors (Lipinski definition) is 4. The van der Waals surface area contributed by atoms with Crippen molar-refractivity contribution in [3.8, 4) is 0 Å². The summed E-state index contributed by atoms with van der Waals surface area (Å²) in [6.45, 7) is 1.51. The number of thiophene rings is 1. The largest absolute Gasteiger partial charge is 0.416 e. The highest BCUT2D eigenvalue weighted by atomic mass is 32.2. The summed E-state index contributed by atoms with van der Waals surface area (Å²) in [5.41, 5.74) is 0.257. The summed E-state index contributed by atoms with van der Waals surface area (Å²) in [7, 11) is -4.35. The van der Waals surface area contributed by atoms with Crippen molar-refractivity contribution in [3.63, 3.8) is 0 Å². The molecule has 0 atom stereocenters. The number of pyridine rings is 1. The molecule has 0 radical (unpaired) electrons. The maximum Gasteiger partial charge on any atom is 0.416 e. The lowest BCUT2D eigenvalue weighted by Gasteiger charge is -2.22. The minimum absolute atomic E-state index is 0.0817. The van der Waals surface area contributed by atoms with Crippen LogP contribution in [0.25, 0.3) is 10.9 Å². The van der Waals surface area contributed by atoms with E-state index in [0.29, 0.717) is 16.5 Å². The van der Waals surface area contributed by atoms with Gasteiger partial charge in [-0.05, 0) is 59.7 Å². The molecule has 10 heteroatoms. The van der Waals surface area contributed by atoms with Crippen LogP contribution in [-0.2, 0) is 29.3 Å². The van der Waals surface area contributed by atoms with E-state index in [1.54, 1.807) is 23.6 Å². The van der Waals surface area contributed by atoms with Gasteiger partial charge >= 0.3 is 6.18 Å². The van der Waals surface area contributed by atoms with Gasteiger partial charge in [0.15, 0.2) is 0 Å². The first-order valence-corrected chi connectivity index (χ1v) is 12.2. The summed E-state index contributed by atoms with van der Waals surface area (Å²) in [6.07, 6.45) is -4.68. The van der Waals surface area contributed by atoms with Crippen molar-refractivity contribution in [2.45, 2.75) is 31.1 Å². The lowest BCUT2D eigenvalue weighted by atomic mass is 10.1. The molecule has 4 aromatic rings. The molecular formula is C23H19F3N2O3S2. The Morgan fingerprint density at radius 3 is 2.48 bits per heavy atom. The predicted octanol–water partition coefficient (Wildman–Crippen LogP) is 5.31. The average molecular weight is 493 g/mol. The minimum Gasteiger partial charge on any atom is -0.322 e. The Bertz CT molecular complexity index is 1460. The summed E-state index contributed by atoms with van der Waals surface area (Å²) in [6, 6.07) is 14.2. The van der Waals surface area contributed by atoms with Crippen LogP contribution in [0, 0.1) is 6.92 Å². The molecule has 0 bridgehead atoms. The fraction of sp³-hybridized carbons (Fsp3) is 0.174. The van der Waals surface area contributed by atoms with Crippen LogP contribution in [0.1, 0.15) is 21.6 Å². The monoisotopic (exact) mass is 492 g/mol. The molecule has 2 aromatic heterocycles. The summed E-state index contributed by atoms with van der Waals surface area (Å²) in [4.78, 5) is 15.7. The summed E-state index contributed by atoms with van der Waals surface area (Å²) < 4.78 is 67.4. The summed E-state index contributed by atoms with van der Waals surface area (Å²) in [5, 5.41) is 2.50. The third kappa shape index (κ3) is 5.02. The fourth-order valence-corrected chi connectivity index (χ4v) is 5.70. The number of hydrogen-bond donors (Lipinski definition) is 1. The van der Waals surface area contributed by atoms with Crippen molar-refractivity contribution in [1.82, 2.24) is 9.29 Å². The van der Waals surface area contributed by atoms with E-state index in [9.17, 15) is 26.4 Å².